The van der Waals surface area contributed by atoms with Gasteiger partial charge in [0.2, 0.25) is 6.79 Å². The highest BCUT2D eigenvalue weighted by atomic mass is 32.2. The topological polar surface area (TPSA) is 55.8 Å². The van der Waals surface area contributed by atoms with Crippen LogP contribution < -0.4 is 9.47 Å². The van der Waals surface area contributed by atoms with Crippen molar-refractivity contribution in [1.29, 1.82) is 0 Å². The Morgan fingerprint density at radius 2 is 2.06 bits per heavy atom. The Balaban J connectivity index is 2.20. The second-order valence-electron chi connectivity index (χ2n) is 3.93. The Morgan fingerprint density at radius 1 is 1.38 bits per heavy atom. The molecule has 1 aliphatic rings. The lowest BCUT2D eigenvalue weighted by molar-refractivity contribution is -0.138. The van der Waals surface area contributed by atoms with E-state index in [0.29, 0.717) is 11.5 Å². The highest BCUT2D eigenvalue weighted by Gasteiger charge is 2.29. The van der Waals surface area contributed by atoms with Crippen LogP contribution in [0.5, 0.6) is 11.5 Å². The Hall–Kier alpha value is -1.36. The molecule has 0 unspecified atom stereocenters. The zero-order valence-corrected chi connectivity index (χ0v) is 9.84. The smallest absolute Gasteiger partial charge is 0.319 e. The molecule has 0 aliphatic carbocycles. The largest absolute Gasteiger partial charge is 0.480 e. The number of fused-ring (bicyclic) bond motifs is 1. The summed E-state index contributed by atoms with van der Waals surface area (Å²) in [6, 6.07) is 5.43. The number of aliphatic carboxylic acids is 1. The zero-order valence-electron chi connectivity index (χ0n) is 9.02. The van der Waals surface area contributed by atoms with Gasteiger partial charge in [-0.15, -0.1) is 11.8 Å². The minimum absolute atomic E-state index is 0.228. The molecule has 0 bridgehead atoms. The summed E-state index contributed by atoms with van der Waals surface area (Å²) in [6.07, 6.45) is 0. The third kappa shape index (κ3) is 2.09. The van der Waals surface area contributed by atoms with E-state index in [-0.39, 0.29) is 6.79 Å². The Morgan fingerprint density at radius 3 is 2.75 bits per heavy atom. The van der Waals surface area contributed by atoms with E-state index >= 15 is 0 Å². The highest BCUT2D eigenvalue weighted by molar-refractivity contribution is 8.01. The van der Waals surface area contributed by atoms with Crippen molar-refractivity contribution >= 4 is 17.7 Å². The average Bonchev–Trinajstić information content (AvgIpc) is 2.63. The molecule has 0 saturated heterocycles. The maximum absolute atomic E-state index is 11.0. The maximum Gasteiger partial charge on any atom is 0.319 e. The van der Waals surface area contributed by atoms with Crippen LogP contribution in [0.4, 0.5) is 0 Å². The van der Waals surface area contributed by atoms with Crippen molar-refractivity contribution in [3.05, 3.63) is 18.2 Å². The number of thioether (sulfide) groups is 1. The van der Waals surface area contributed by atoms with Gasteiger partial charge in [0.15, 0.2) is 11.5 Å². The van der Waals surface area contributed by atoms with Crippen molar-refractivity contribution in [1.82, 2.24) is 0 Å². The monoisotopic (exact) mass is 240 g/mol. The summed E-state index contributed by atoms with van der Waals surface area (Å²) in [5, 5.41) is 9.02. The predicted octanol–water partition coefficient (Wildman–Crippen LogP) is 2.37. The molecule has 16 heavy (non-hydrogen) atoms. The van der Waals surface area contributed by atoms with Crippen molar-refractivity contribution in [2.24, 2.45) is 0 Å². The number of hydrogen-bond acceptors (Lipinski definition) is 4. The molecule has 5 heteroatoms. The van der Waals surface area contributed by atoms with E-state index in [0.717, 1.165) is 4.90 Å². The quantitative estimate of drug-likeness (QED) is 0.822. The first-order valence-electron chi connectivity index (χ1n) is 4.81. The molecule has 0 spiro atoms. The lowest BCUT2D eigenvalue weighted by atomic mass is 10.2. The predicted molar refractivity (Wildman–Crippen MR) is 60.1 cm³/mol. The first-order chi connectivity index (χ1) is 7.49. The molecular formula is C11H12O4S. The first-order valence-corrected chi connectivity index (χ1v) is 5.63. The van der Waals surface area contributed by atoms with Gasteiger partial charge in [0.1, 0.15) is 4.75 Å². The van der Waals surface area contributed by atoms with Crippen molar-refractivity contribution in [2.75, 3.05) is 6.79 Å². The summed E-state index contributed by atoms with van der Waals surface area (Å²) in [5.41, 5.74) is 0. The van der Waals surface area contributed by atoms with Gasteiger partial charge in [-0.1, -0.05) is 0 Å². The SMILES string of the molecule is CC(C)(Sc1ccc2c(c1)OCO2)C(=O)O. The molecule has 86 valence electrons. The second-order valence-corrected chi connectivity index (χ2v) is 5.63. The summed E-state index contributed by atoms with van der Waals surface area (Å²) < 4.78 is 9.56. The summed E-state index contributed by atoms with van der Waals surface area (Å²) in [6.45, 7) is 3.57. The molecule has 0 atom stereocenters. The summed E-state index contributed by atoms with van der Waals surface area (Å²) in [5.74, 6) is 0.541. The van der Waals surface area contributed by atoms with Crippen molar-refractivity contribution < 1.29 is 19.4 Å². The van der Waals surface area contributed by atoms with Gasteiger partial charge in [0.25, 0.3) is 0 Å². The van der Waals surface area contributed by atoms with E-state index in [1.54, 1.807) is 26.0 Å². The molecule has 1 N–H and O–H groups in total. The van der Waals surface area contributed by atoms with Crippen molar-refractivity contribution in [3.8, 4) is 11.5 Å². The van der Waals surface area contributed by atoms with Crippen LogP contribution >= 0.6 is 11.8 Å². The van der Waals surface area contributed by atoms with Gasteiger partial charge in [-0.2, -0.15) is 0 Å². The molecule has 0 aromatic heterocycles. The van der Waals surface area contributed by atoms with Gasteiger partial charge < -0.3 is 14.6 Å². The van der Waals surface area contributed by atoms with E-state index in [9.17, 15) is 4.79 Å². The van der Waals surface area contributed by atoms with Crippen LogP contribution in [0.2, 0.25) is 0 Å². The Bertz CT molecular complexity index is 428. The summed E-state index contributed by atoms with van der Waals surface area (Å²) in [7, 11) is 0. The first kappa shape index (κ1) is 11.1. The normalized spacial score (nSPS) is 13.9. The Kier molecular flexibility index (Phi) is 2.71. The molecule has 1 aromatic carbocycles. The van der Waals surface area contributed by atoms with Gasteiger partial charge in [-0.3, -0.25) is 4.79 Å². The van der Waals surface area contributed by atoms with Crippen LogP contribution in [0.25, 0.3) is 0 Å². The van der Waals surface area contributed by atoms with E-state index < -0.39 is 10.7 Å². The van der Waals surface area contributed by atoms with Crippen LogP contribution in [0, 0.1) is 0 Å². The molecule has 1 aromatic rings. The van der Waals surface area contributed by atoms with E-state index in [1.165, 1.54) is 11.8 Å². The Labute approximate surface area is 97.6 Å². The van der Waals surface area contributed by atoms with Crippen molar-refractivity contribution in [2.45, 2.75) is 23.5 Å². The van der Waals surface area contributed by atoms with Gasteiger partial charge >= 0.3 is 5.97 Å². The minimum Gasteiger partial charge on any atom is -0.480 e. The van der Waals surface area contributed by atoms with Crippen LogP contribution in [0.1, 0.15) is 13.8 Å². The highest BCUT2D eigenvalue weighted by Crippen LogP contribution is 2.39. The average molecular weight is 240 g/mol. The molecule has 1 heterocycles. The third-order valence-corrected chi connectivity index (χ3v) is 3.41. The standard InChI is InChI=1S/C11H12O4S/c1-11(2,10(12)13)16-7-3-4-8-9(5-7)15-6-14-8/h3-5H,6H2,1-2H3,(H,12,13). The molecular weight excluding hydrogens is 228 g/mol. The third-order valence-electron chi connectivity index (χ3n) is 2.23. The minimum atomic E-state index is -0.853. The van der Waals surface area contributed by atoms with Gasteiger partial charge in [0.05, 0.1) is 0 Å². The van der Waals surface area contributed by atoms with Crippen LogP contribution in [-0.4, -0.2) is 22.6 Å². The second kappa shape index (κ2) is 3.90. The van der Waals surface area contributed by atoms with Crippen LogP contribution in [-0.2, 0) is 4.79 Å². The van der Waals surface area contributed by atoms with Gasteiger partial charge in [-0.25, -0.2) is 0 Å². The lowest BCUT2D eigenvalue weighted by Gasteiger charge is -2.18. The number of carboxylic acid groups (broad SMARTS) is 1. The van der Waals surface area contributed by atoms with Gasteiger partial charge in [-0.05, 0) is 32.0 Å². The molecule has 0 fully saturated rings. The van der Waals surface area contributed by atoms with E-state index in [4.69, 9.17) is 14.6 Å². The fraction of sp³-hybridized carbons (Fsp3) is 0.364. The van der Waals surface area contributed by atoms with Crippen LogP contribution in [0.3, 0.4) is 0 Å². The molecule has 0 radical (unpaired) electrons. The maximum atomic E-state index is 11.0. The molecule has 4 nitrogen and oxygen atoms in total. The fourth-order valence-corrected chi connectivity index (χ4v) is 2.26. The molecule has 0 saturated carbocycles. The van der Waals surface area contributed by atoms with Crippen molar-refractivity contribution in [3.63, 3.8) is 0 Å². The number of carbonyl (C=O) groups is 1. The number of ether oxygens (including phenoxy) is 2. The van der Waals surface area contributed by atoms with E-state index in [1.807, 2.05) is 6.07 Å². The van der Waals surface area contributed by atoms with Crippen LogP contribution in [0.15, 0.2) is 23.1 Å². The number of benzene rings is 1. The fourth-order valence-electron chi connectivity index (χ4n) is 1.28. The van der Waals surface area contributed by atoms with Gasteiger partial charge in [0, 0.05) is 4.90 Å². The summed E-state index contributed by atoms with van der Waals surface area (Å²) in [4.78, 5) is 11.8. The number of rotatable bonds is 3. The molecule has 1 aliphatic heterocycles. The molecule has 0 amide bonds. The molecule has 2 rings (SSSR count). The number of carboxylic acids is 1. The zero-order chi connectivity index (χ0) is 11.8. The van der Waals surface area contributed by atoms with E-state index in [2.05, 4.69) is 0 Å². The summed E-state index contributed by atoms with van der Waals surface area (Å²) >= 11 is 1.28. The number of hydrogen-bond donors (Lipinski definition) is 1. The lowest BCUT2D eigenvalue weighted by Crippen LogP contribution is -2.26.